The molecule has 0 aromatic carbocycles. The van der Waals surface area contributed by atoms with Crippen molar-refractivity contribution in [1.29, 1.82) is 0 Å². The first-order chi connectivity index (χ1) is 10.5. The molecule has 0 spiro atoms. The first-order valence-electron chi connectivity index (χ1n) is 6.28. The summed E-state index contributed by atoms with van der Waals surface area (Å²) in [6.07, 6.45) is 4.52. The molecule has 0 saturated carbocycles. The summed E-state index contributed by atoms with van der Waals surface area (Å²) in [5.41, 5.74) is -3.25. The van der Waals surface area contributed by atoms with Gasteiger partial charge < -0.3 is 14.2 Å². The first kappa shape index (κ1) is 15.7. The zero-order valence-electron chi connectivity index (χ0n) is 12.3. The van der Waals surface area contributed by atoms with Crippen LogP contribution in [0.3, 0.4) is 0 Å². The number of esters is 2. The molecule has 22 heavy (non-hydrogen) atoms. The van der Waals surface area contributed by atoms with E-state index in [1.807, 2.05) is 0 Å². The molecule has 2 aliphatic rings. The van der Waals surface area contributed by atoms with Gasteiger partial charge in [-0.05, 0) is 12.2 Å². The molecule has 2 aliphatic heterocycles. The third-order valence-electron chi connectivity index (χ3n) is 3.66. The van der Waals surface area contributed by atoms with Gasteiger partial charge >= 0.3 is 18.0 Å². The molecule has 0 aliphatic carbocycles. The Hall–Kier alpha value is -2.71. The summed E-state index contributed by atoms with van der Waals surface area (Å²) in [4.78, 5) is 37.3. The van der Waals surface area contributed by atoms with Gasteiger partial charge in [0.15, 0.2) is 5.41 Å². The molecule has 118 valence electrons. The van der Waals surface area contributed by atoms with Crippen molar-refractivity contribution in [3.63, 3.8) is 0 Å². The van der Waals surface area contributed by atoms with E-state index in [1.165, 1.54) is 45.9 Å². The number of azo groups is 1. The van der Waals surface area contributed by atoms with E-state index in [9.17, 15) is 14.4 Å². The fourth-order valence-corrected chi connectivity index (χ4v) is 2.42. The SMILES string of the molecule is COC(=O)N1C=CC2(C(=O)OC)CN=NC2(C(=O)OC)C=C1. The summed E-state index contributed by atoms with van der Waals surface area (Å²) in [5, 5.41) is 7.74. The number of nitrogens with zero attached hydrogens (tertiary/aromatic N) is 3. The second-order valence-corrected chi connectivity index (χ2v) is 4.63. The van der Waals surface area contributed by atoms with Crippen LogP contribution in [-0.2, 0) is 23.8 Å². The number of fused-ring (bicyclic) bond motifs is 1. The monoisotopic (exact) mass is 309 g/mol. The standard InChI is InChI=1S/C13H15N3O6/c1-20-9(17)12-4-6-16(11(19)22-3)7-5-13(12,10(18)21-2)15-14-8-12/h4-7H,8H2,1-3H3. The third kappa shape index (κ3) is 1.97. The smallest absolute Gasteiger partial charge is 0.417 e. The number of carbonyl (C=O) groups excluding carboxylic acids is 3. The van der Waals surface area contributed by atoms with Crippen molar-refractivity contribution in [2.75, 3.05) is 27.9 Å². The quantitative estimate of drug-likeness (QED) is 0.547. The van der Waals surface area contributed by atoms with Crippen LogP contribution in [0.25, 0.3) is 0 Å². The maximum absolute atomic E-state index is 12.3. The Kier molecular flexibility index (Phi) is 3.98. The van der Waals surface area contributed by atoms with Crippen molar-refractivity contribution in [2.45, 2.75) is 5.54 Å². The molecule has 0 fully saturated rings. The number of methoxy groups -OCH3 is 3. The van der Waals surface area contributed by atoms with Crippen LogP contribution in [0.4, 0.5) is 4.79 Å². The predicted octanol–water partition coefficient (Wildman–Crippen LogP) is 0.633. The summed E-state index contributed by atoms with van der Waals surface area (Å²) >= 11 is 0. The predicted molar refractivity (Wildman–Crippen MR) is 71.4 cm³/mol. The maximum Gasteiger partial charge on any atom is 0.417 e. The van der Waals surface area contributed by atoms with E-state index in [4.69, 9.17) is 9.47 Å². The largest absolute Gasteiger partial charge is 0.468 e. The van der Waals surface area contributed by atoms with E-state index in [0.717, 1.165) is 4.90 Å². The lowest BCUT2D eigenvalue weighted by Crippen LogP contribution is -2.54. The number of amides is 1. The van der Waals surface area contributed by atoms with E-state index < -0.39 is 29.0 Å². The van der Waals surface area contributed by atoms with Crippen LogP contribution in [0, 0.1) is 5.41 Å². The lowest BCUT2D eigenvalue weighted by atomic mass is 9.70. The molecule has 2 heterocycles. The molecular formula is C13H15N3O6. The summed E-state index contributed by atoms with van der Waals surface area (Å²) in [6, 6.07) is 0. The van der Waals surface area contributed by atoms with Gasteiger partial charge in [0.25, 0.3) is 0 Å². The highest BCUT2D eigenvalue weighted by atomic mass is 16.5. The number of hydrogen-bond donors (Lipinski definition) is 0. The highest BCUT2D eigenvalue weighted by molar-refractivity contribution is 5.96. The van der Waals surface area contributed by atoms with Crippen LogP contribution in [0.15, 0.2) is 34.8 Å². The van der Waals surface area contributed by atoms with E-state index in [1.54, 1.807) is 0 Å². The minimum absolute atomic E-state index is 0.107. The van der Waals surface area contributed by atoms with Gasteiger partial charge in [-0.25, -0.2) is 9.59 Å². The van der Waals surface area contributed by atoms with E-state index in [0.29, 0.717) is 0 Å². The van der Waals surface area contributed by atoms with Gasteiger partial charge in [0.05, 0.1) is 27.9 Å². The van der Waals surface area contributed by atoms with Crippen LogP contribution < -0.4 is 0 Å². The van der Waals surface area contributed by atoms with Crippen molar-refractivity contribution in [1.82, 2.24) is 4.90 Å². The molecule has 2 atom stereocenters. The van der Waals surface area contributed by atoms with E-state index in [2.05, 4.69) is 15.0 Å². The van der Waals surface area contributed by atoms with Gasteiger partial charge in [-0.3, -0.25) is 9.69 Å². The second-order valence-electron chi connectivity index (χ2n) is 4.63. The Labute approximate surface area is 126 Å². The number of ether oxygens (including phenoxy) is 3. The maximum atomic E-state index is 12.3. The third-order valence-corrected chi connectivity index (χ3v) is 3.66. The molecule has 2 rings (SSSR count). The van der Waals surface area contributed by atoms with Crippen molar-refractivity contribution in [2.24, 2.45) is 15.6 Å². The molecule has 0 aromatic heterocycles. The molecule has 0 N–H and O–H groups in total. The Balaban J connectivity index is 2.62. The van der Waals surface area contributed by atoms with Crippen molar-refractivity contribution in [3.8, 4) is 0 Å². The average molecular weight is 309 g/mol. The normalized spacial score (nSPS) is 28.8. The Morgan fingerprint density at radius 3 is 2.23 bits per heavy atom. The molecule has 0 radical (unpaired) electrons. The van der Waals surface area contributed by atoms with Crippen molar-refractivity contribution in [3.05, 3.63) is 24.6 Å². The summed E-state index contributed by atoms with van der Waals surface area (Å²) in [5.74, 6) is -1.50. The van der Waals surface area contributed by atoms with Gasteiger partial charge in [-0.2, -0.15) is 10.2 Å². The molecule has 9 nitrogen and oxygen atoms in total. The number of hydrogen-bond acceptors (Lipinski definition) is 8. The molecule has 0 saturated heterocycles. The van der Waals surface area contributed by atoms with E-state index >= 15 is 0 Å². The van der Waals surface area contributed by atoms with Crippen LogP contribution in [0.5, 0.6) is 0 Å². The molecule has 0 bridgehead atoms. The molecule has 1 amide bonds. The molecule has 0 aromatic rings. The Bertz CT molecular complexity index is 599. The highest BCUT2D eigenvalue weighted by Gasteiger charge is 2.64. The molecule has 2 unspecified atom stereocenters. The van der Waals surface area contributed by atoms with Gasteiger partial charge in [-0.15, -0.1) is 0 Å². The fourth-order valence-electron chi connectivity index (χ4n) is 2.42. The Morgan fingerprint density at radius 2 is 1.64 bits per heavy atom. The van der Waals surface area contributed by atoms with Crippen LogP contribution >= 0.6 is 0 Å². The number of rotatable bonds is 2. The van der Waals surface area contributed by atoms with Crippen molar-refractivity contribution >= 4 is 18.0 Å². The second kappa shape index (κ2) is 5.58. The van der Waals surface area contributed by atoms with Crippen LogP contribution in [-0.4, -0.2) is 56.3 Å². The zero-order valence-corrected chi connectivity index (χ0v) is 12.3. The highest BCUT2D eigenvalue weighted by Crippen LogP contribution is 2.46. The lowest BCUT2D eigenvalue weighted by Gasteiger charge is -2.32. The zero-order chi connectivity index (χ0) is 16.4. The first-order valence-corrected chi connectivity index (χ1v) is 6.28. The van der Waals surface area contributed by atoms with E-state index in [-0.39, 0.29) is 6.54 Å². The number of carbonyl (C=O) groups is 3. The molecule has 9 heteroatoms. The molecular weight excluding hydrogens is 294 g/mol. The summed E-state index contributed by atoms with van der Waals surface area (Å²) in [7, 11) is 3.58. The van der Waals surface area contributed by atoms with Gasteiger partial charge in [0.2, 0.25) is 5.54 Å². The van der Waals surface area contributed by atoms with Crippen LogP contribution in [0.1, 0.15) is 0 Å². The van der Waals surface area contributed by atoms with Crippen LogP contribution in [0.2, 0.25) is 0 Å². The Morgan fingerprint density at radius 1 is 1.00 bits per heavy atom. The minimum atomic E-state index is -1.73. The topological polar surface area (TPSA) is 107 Å². The van der Waals surface area contributed by atoms with Gasteiger partial charge in [0, 0.05) is 12.4 Å². The van der Waals surface area contributed by atoms with Gasteiger partial charge in [-0.1, -0.05) is 0 Å². The minimum Gasteiger partial charge on any atom is -0.468 e. The fraction of sp³-hybridized carbons (Fsp3) is 0.462. The van der Waals surface area contributed by atoms with Crippen molar-refractivity contribution < 1.29 is 28.6 Å². The summed E-state index contributed by atoms with van der Waals surface area (Å²) < 4.78 is 14.2. The average Bonchev–Trinajstić information content (AvgIpc) is 2.85. The lowest BCUT2D eigenvalue weighted by molar-refractivity contribution is -0.160. The summed E-state index contributed by atoms with van der Waals surface area (Å²) in [6.45, 7) is -0.107. The van der Waals surface area contributed by atoms with Gasteiger partial charge in [0.1, 0.15) is 0 Å².